The van der Waals surface area contributed by atoms with Crippen LogP contribution < -0.4 is 10.1 Å². The van der Waals surface area contributed by atoms with Gasteiger partial charge >= 0.3 is 0 Å². The predicted molar refractivity (Wildman–Crippen MR) is 103 cm³/mol. The molecule has 0 aromatic carbocycles. The summed E-state index contributed by atoms with van der Waals surface area (Å²) in [6.45, 7) is 12.6. The highest BCUT2D eigenvalue weighted by Crippen LogP contribution is 2.30. The van der Waals surface area contributed by atoms with Gasteiger partial charge in [0.15, 0.2) is 5.82 Å². The molecule has 136 valence electrons. The van der Waals surface area contributed by atoms with Crippen molar-refractivity contribution >= 4 is 5.82 Å². The summed E-state index contributed by atoms with van der Waals surface area (Å²) in [5.41, 5.74) is 4.75. The van der Waals surface area contributed by atoms with Crippen molar-refractivity contribution < 1.29 is 4.74 Å². The van der Waals surface area contributed by atoms with Gasteiger partial charge in [0.1, 0.15) is 0 Å². The summed E-state index contributed by atoms with van der Waals surface area (Å²) < 4.78 is 5.50. The van der Waals surface area contributed by atoms with Crippen molar-refractivity contribution in [3.8, 4) is 17.1 Å². The van der Waals surface area contributed by atoms with Crippen molar-refractivity contribution in [2.45, 2.75) is 66.3 Å². The molecule has 0 fully saturated rings. The van der Waals surface area contributed by atoms with E-state index in [0.29, 0.717) is 23.7 Å². The number of ether oxygens (including phenoxy) is 1. The standard InChI is InChI=1S/C20H30N4O/c1-8-15(9-2)23-19-20(25-7)24-18(14(6)22-19)16-10-11-17(12(3)4)21-13(16)5/h10-12,15H,8-9H2,1-7H3,(H,22,23). The molecule has 0 amide bonds. The van der Waals surface area contributed by atoms with E-state index < -0.39 is 0 Å². The topological polar surface area (TPSA) is 59.9 Å². The lowest BCUT2D eigenvalue weighted by Crippen LogP contribution is -2.19. The van der Waals surface area contributed by atoms with Gasteiger partial charge in [-0.25, -0.2) is 9.97 Å². The lowest BCUT2D eigenvalue weighted by molar-refractivity contribution is 0.397. The fraction of sp³-hybridized carbons (Fsp3) is 0.550. The maximum Gasteiger partial charge on any atom is 0.257 e. The Bertz CT molecular complexity index is 724. The van der Waals surface area contributed by atoms with E-state index in [0.717, 1.165) is 41.2 Å². The molecule has 5 heteroatoms. The van der Waals surface area contributed by atoms with Crippen molar-refractivity contribution in [3.63, 3.8) is 0 Å². The smallest absolute Gasteiger partial charge is 0.257 e. The molecule has 0 aliphatic carbocycles. The Morgan fingerprint density at radius 3 is 2.20 bits per heavy atom. The van der Waals surface area contributed by atoms with E-state index in [1.54, 1.807) is 7.11 Å². The van der Waals surface area contributed by atoms with Crippen LogP contribution in [-0.2, 0) is 0 Å². The number of hydrogen-bond donors (Lipinski definition) is 1. The molecule has 25 heavy (non-hydrogen) atoms. The van der Waals surface area contributed by atoms with Gasteiger partial charge in [-0.3, -0.25) is 4.98 Å². The van der Waals surface area contributed by atoms with E-state index in [1.807, 2.05) is 13.8 Å². The highest BCUT2D eigenvalue weighted by molar-refractivity contribution is 5.67. The van der Waals surface area contributed by atoms with E-state index in [4.69, 9.17) is 19.7 Å². The van der Waals surface area contributed by atoms with Gasteiger partial charge in [-0.05, 0) is 44.7 Å². The predicted octanol–water partition coefficient (Wildman–Crippen LogP) is 4.89. The van der Waals surface area contributed by atoms with Crippen molar-refractivity contribution in [2.75, 3.05) is 12.4 Å². The molecule has 2 rings (SSSR count). The first kappa shape index (κ1) is 19.2. The lowest BCUT2D eigenvalue weighted by atomic mass is 10.0. The Morgan fingerprint density at radius 1 is 1.00 bits per heavy atom. The van der Waals surface area contributed by atoms with Crippen molar-refractivity contribution in [2.24, 2.45) is 0 Å². The molecular weight excluding hydrogens is 312 g/mol. The number of pyridine rings is 1. The van der Waals surface area contributed by atoms with Crippen LogP contribution in [0.4, 0.5) is 5.82 Å². The van der Waals surface area contributed by atoms with Gasteiger partial charge in [0, 0.05) is 23.0 Å². The van der Waals surface area contributed by atoms with E-state index in [9.17, 15) is 0 Å². The van der Waals surface area contributed by atoms with E-state index in [-0.39, 0.29) is 0 Å². The summed E-state index contributed by atoms with van der Waals surface area (Å²) in [7, 11) is 1.63. The first-order valence-corrected chi connectivity index (χ1v) is 9.08. The molecule has 5 nitrogen and oxygen atoms in total. The average Bonchev–Trinajstić information content (AvgIpc) is 2.60. The molecule has 2 aromatic heterocycles. The lowest BCUT2D eigenvalue weighted by Gasteiger charge is -2.19. The van der Waals surface area contributed by atoms with Gasteiger partial charge in [0.25, 0.3) is 5.88 Å². The molecule has 0 aliphatic rings. The van der Waals surface area contributed by atoms with Crippen LogP contribution in [-0.4, -0.2) is 28.1 Å². The van der Waals surface area contributed by atoms with Crippen molar-refractivity contribution in [1.82, 2.24) is 15.0 Å². The monoisotopic (exact) mass is 342 g/mol. The molecule has 0 unspecified atom stereocenters. The zero-order valence-corrected chi connectivity index (χ0v) is 16.5. The Morgan fingerprint density at radius 2 is 1.68 bits per heavy atom. The van der Waals surface area contributed by atoms with E-state index in [2.05, 4.69) is 45.1 Å². The molecule has 2 aromatic rings. The van der Waals surface area contributed by atoms with Gasteiger partial charge in [0.05, 0.1) is 18.5 Å². The summed E-state index contributed by atoms with van der Waals surface area (Å²) in [6, 6.07) is 4.51. The number of nitrogens with zero attached hydrogens (tertiary/aromatic N) is 3. The zero-order valence-electron chi connectivity index (χ0n) is 16.5. The number of methoxy groups -OCH3 is 1. The van der Waals surface area contributed by atoms with Crippen LogP contribution in [0.2, 0.25) is 0 Å². The maximum atomic E-state index is 5.50. The summed E-state index contributed by atoms with van der Waals surface area (Å²) in [6.07, 6.45) is 2.06. The van der Waals surface area contributed by atoms with Crippen LogP contribution in [0.25, 0.3) is 11.3 Å². The van der Waals surface area contributed by atoms with Crippen LogP contribution in [0.1, 0.15) is 63.5 Å². The Balaban J connectivity index is 2.46. The first-order valence-electron chi connectivity index (χ1n) is 9.08. The minimum atomic E-state index is 0.363. The fourth-order valence-electron chi connectivity index (χ4n) is 2.83. The normalized spacial score (nSPS) is 11.2. The zero-order chi connectivity index (χ0) is 18.6. The van der Waals surface area contributed by atoms with Gasteiger partial charge in [0.2, 0.25) is 0 Å². The minimum absolute atomic E-state index is 0.363. The van der Waals surface area contributed by atoms with E-state index in [1.165, 1.54) is 0 Å². The quantitative estimate of drug-likeness (QED) is 0.776. The third-order valence-corrected chi connectivity index (χ3v) is 4.51. The van der Waals surface area contributed by atoms with Crippen LogP contribution in [0, 0.1) is 13.8 Å². The van der Waals surface area contributed by atoms with Gasteiger partial charge < -0.3 is 10.1 Å². The van der Waals surface area contributed by atoms with E-state index >= 15 is 0 Å². The number of anilines is 1. The number of aromatic nitrogens is 3. The summed E-state index contributed by atoms with van der Waals surface area (Å²) in [4.78, 5) is 14.2. The Hall–Kier alpha value is -2.17. The molecule has 0 bridgehead atoms. The Labute approximate surface area is 151 Å². The second-order valence-electron chi connectivity index (χ2n) is 6.70. The SMILES string of the molecule is CCC(CC)Nc1nc(C)c(-c2ccc(C(C)C)nc2C)nc1OC. The second-order valence-corrected chi connectivity index (χ2v) is 6.70. The number of rotatable bonds is 7. The van der Waals surface area contributed by atoms with Crippen molar-refractivity contribution in [3.05, 3.63) is 29.2 Å². The molecule has 0 atom stereocenters. The molecule has 0 spiro atoms. The van der Waals surface area contributed by atoms with Crippen molar-refractivity contribution in [1.29, 1.82) is 0 Å². The van der Waals surface area contributed by atoms with Gasteiger partial charge in [-0.15, -0.1) is 0 Å². The molecule has 0 saturated heterocycles. The van der Waals surface area contributed by atoms with Crippen LogP contribution in [0.3, 0.4) is 0 Å². The fourth-order valence-corrected chi connectivity index (χ4v) is 2.83. The third-order valence-electron chi connectivity index (χ3n) is 4.51. The molecular formula is C20H30N4O. The number of aryl methyl sites for hydroxylation is 2. The first-order chi connectivity index (χ1) is 11.9. The number of nitrogens with one attached hydrogen (secondary N) is 1. The largest absolute Gasteiger partial charge is 0.478 e. The molecule has 0 radical (unpaired) electrons. The molecule has 0 aliphatic heterocycles. The minimum Gasteiger partial charge on any atom is -0.478 e. The molecule has 1 N–H and O–H groups in total. The third kappa shape index (κ3) is 4.27. The summed E-state index contributed by atoms with van der Waals surface area (Å²) in [5, 5.41) is 3.44. The van der Waals surface area contributed by atoms with Crippen LogP contribution in [0.5, 0.6) is 5.88 Å². The maximum absolute atomic E-state index is 5.50. The summed E-state index contributed by atoms with van der Waals surface area (Å²) >= 11 is 0. The van der Waals surface area contributed by atoms with Gasteiger partial charge in [-0.1, -0.05) is 27.7 Å². The van der Waals surface area contributed by atoms with Crippen LogP contribution in [0.15, 0.2) is 12.1 Å². The Kier molecular flexibility index (Phi) is 6.34. The highest BCUT2D eigenvalue weighted by atomic mass is 16.5. The average molecular weight is 342 g/mol. The van der Waals surface area contributed by atoms with Crippen LogP contribution >= 0.6 is 0 Å². The molecule has 0 saturated carbocycles. The van der Waals surface area contributed by atoms with Gasteiger partial charge in [-0.2, -0.15) is 0 Å². The summed E-state index contributed by atoms with van der Waals surface area (Å²) in [5.74, 6) is 1.64. The highest BCUT2D eigenvalue weighted by Gasteiger charge is 2.17. The molecule has 2 heterocycles. The second kappa shape index (κ2) is 8.28. The number of hydrogen-bond acceptors (Lipinski definition) is 5.